The fraction of sp³-hybridized carbons (Fsp3) is 0.333. The summed E-state index contributed by atoms with van der Waals surface area (Å²) in [6.07, 6.45) is 0. The second kappa shape index (κ2) is 6.16. The normalized spacial score (nSPS) is 10.9. The molecule has 0 fully saturated rings. The lowest BCUT2D eigenvalue weighted by Crippen LogP contribution is -2.39. The number of halogens is 1. The number of amides is 1. The molecule has 8 heteroatoms. The van der Waals surface area contributed by atoms with E-state index >= 15 is 0 Å². The number of nitrogens with zero attached hydrogens (tertiary/aromatic N) is 1. The Labute approximate surface area is 128 Å². The number of nitro groups is 1. The first-order chi connectivity index (χ1) is 9.15. The third kappa shape index (κ3) is 3.89. The van der Waals surface area contributed by atoms with E-state index in [1.54, 1.807) is 0 Å². The summed E-state index contributed by atoms with van der Waals surface area (Å²) >= 11 is 1.89. The Morgan fingerprint density at radius 3 is 2.55 bits per heavy atom. The molecular formula is C12H13IN2O5. The summed E-state index contributed by atoms with van der Waals surface area (Å²) in [4.78, 5) is 33.0. The quantitative estimate of drug-likeness (QED) is 0.453. The predicted octanol–water partition coefficient (Wildman–Crippen LogP) is 2.04. The fourth-order valence-electron chi connectivity index (χ4n) is 1.27. The Morgan fingerprint density at radius 1 is 1.45 bits per heavy atom. The van der Waals surface area contributed by atoms with Crippen molar-refractivity contribution in [2.24, 2.45) is 5.41 Å². The van der Waals surface area contributed by atoms with Crippen LogP contribution in [0.15, 0.2) is 18.2 Å². The van der Waals surface area contributed by atoms with Crippen molar-refractivity contribution < 1.29 is 19.6 Å². The first-order valence-electron chi connectivity index (χ1n) is 5.60. The molecule has 0 aliphatic carbocycles. The van der Waals surface area contributed by atoms with Gasteiger partial charge in [-0.2, -0.15) is 0 Å². The van der Waals surface area contributed by atoms with Crippen molar-refractivity contribution >= 4 is 40.2 Å². The van der Waals surface area contributed by atoms with E-state index in [1.807, 2.05) is 22.6 Å². The van der Waals surface area contributed by atoms with Crippen LogP contribution in [0.1, 0.15) is 24.2 Å². The zero-order valence-electron chi connectivity index (χ0n) is 10.8. The molecule has 0 aliphatic heterocycles. The van der Waals surface area contributed by atoms with Gasteiger partial charge in [0.15, 0.2) is 0 Å². The molecule has 1 rings (SSSR count). The number of aliphatic carboxylic acids is 1. The lowest BCUT2D eigenvalue weighted by atomic mass is 9.94. The molecule has 0 bridgehead atoms. The summed E-state index contributed by atoms with van der Waals surface area (Å²) in [5.74, 6) is -1.57. The summed E-state index contributed by atoms with van der Waals surface area (Å²) in [5, 5.41) is 22.1. The van der Waals surface area contributed by atoms with Crippen LogP contribution in [0.2, 0.25) is 0 Å². The second-order valence-electron chi connectivity index (χ2n) is 4.79. The number of nitrogens with one attached hydrogen (secondary N) is 1. The first-order valence-corrected chi connectivity index (χ1v) is 6.68. The number of carboxylic acid groups (broad SMARTS) is 1. The molecule has 0 unspecified atom stereocenters. The van der Waals surface area contributed by atoms with Gasteiger partial charge in [-0.05, 0) is 42.5 Å². The summed E-state index contributed by atoms with van der Waals surface area (Å²) in [7, 11) is 0. The van der Waals surface area contributed by atoms with Gasteiger partial charge in [0.05, 0.1) is 15.9 Å². The number of hydrogen-bond donors (Lipinski definition) is 2. The van der Waals surface area contributed by atoms with Crippen LogP contribution in [0.4, 0.5) is 5.69 Å². The zero-order chi connectivity index (χ0) is 15.5. The molecule has 1 aromatic carbocycles. The van der Waals surface area contributed by atoms with E-state index in [0.717, 1.165) is 0 Å². The molecule has 7 nitrogen and oxygen atoms in total. The van der Waals surface area contributed by atoms with Crippen molar-refractivity contribution in [3.8, 4) is 0 Å². The Balaban J connectivity index is 2.90. The van der Waals surface area contributed by atoms with Gasteiger partial charge in [0.25, 0.3) is 11.6 Å². The van der Waals surface area contributed by atoms with Gasteiger partial charge in [0.2, 0.25) is 0 Å². The van der Waals surface area contributed by atoms with Gasteiger partial charge < -0.3 is 10.4 Å². The highest BCUT2D eigenvalue weighted by atomic mass is 127. The van der Waals surface area contributed by atoms with Gasteiger partial charge in [-0.1, -0.05) is 0 Å². The summed E-state index contributed by atoms with van der Waals surface area (Å²) in [6, 6.07) is 3.94. The number of hydrogen-bond acceptors (Lipinski definition) is 4. The van der Waals surface area contributed by atoms with Crippen LogP contribution in [0.3, 0.4) is 0 Å². The van der Waals surface area contributed by atoms with E-state index < -0.39 is 22.2 Å². The fourth-order valence-corrected chi connectivity index (χ4v) is 1.85. The van der Waals surface area contributed by atoms with E-state index in [0.29, 0.717) is 3.57 Å². The lowest BCUT2D eigenvalue weighted by molar-refractivity contribution is -0.384. The van der Waals surface area contributed by atoms with Crippen LogP contribution in [0, 0.1) is 19.1 Å². The zero-order valence-corrected chi connectivity index (χ0v) is 13.0. The Hall–Kier alpha value is -1.71. The maximum atomic E-state index is 12.0. The van der Waals surface area contributed by atoms with Crippen molar-refractivity contribution in [3.05, 3.63) is 37.4 Å². The van der Waals surface area contributed by atoms with E-state index in [2.05, 4.69) is 5.32 Å². The van der Waals surface area contributed by atoms with Crippen LogP contribution in [0.25, 0.3) is 0 Å². The summed E-state index contributed by atoms with van der Waals surface area (Å²) in [5.41, 5.74) is -1.14. The maximum absolute atomic E-state index is 12.0. The molecule has 0 atom stereocenters. The smallest absolute Gasteiger partial charge is 0.310 e. The van der Waals surface area contributed by atoms with Gasteiger partial charge in [-0.15, -0.1) is 0 Å². The molecule has 0 saturated heterocycles. The Kier molecular flexibility index (Phi) is 5.03. The molecule has 0 aliphatic rings. The van der Waals surface area contributed by atoms with Crippen LogP contribution in [0.5, 0.6) is 0 Å². The molecule has 0 radical (unpaired) electrons. The van der Waals surface area contributed by atoms with Crippen molar-refractivity contribution in [2.45, 2.75) is 13.8 Å². The molecular weight excluding hydrogens is 379 g/mol. The number of carboxylic acids is 1. The number of benzene rings is 1. The molecule has 2 N–H and O–H groups in total. The number of rotatable bonds is 5. The third-order valence-electron chi connectivity index (χ3n) is 2.68. The van der Waals surface area contributed by atoms with Crippen molar-refractivity contribution in [1.29, 1.82) is 0 Å². The first kappa shape index (κ1) is 16.3. The highest BCUT2D eigenvalue weighted by Crippen LogP contribution is 2.20. The van der Waals surface area contributed by atoms with Gasteiger partial charge in [0.1, 0.15) is 0 Å². The van der Waals surface area contributed by atoms with E-state index in [1.165, 1.54) is 32.0 Å². The number of carbonyl (C=O) groups excluding carboxylic acids is 1. The van der Waals surface area contributed by atoms with E-state index in [4.69, 9.17) is 5.11 Å². The van der Waals surface area contributed by atoms with Crippen LogP contribution in [-0.2, 0) is 4.79 Å². The SMILES string of the molecule is CC(C)(CNC(=O)c1cc([N+](=O)[O-])ccc1I)C(=O)O. The van der Waals surface area contributed by atoms with Crippen LogP contribution < -0.4 is 5.32 Å². The van der Waals surface area contributed by atoms with E-state index in [9.17, 15) is 19.7 Å². The van der Waals surface area contributed by atoms with Gasteiger partial charge in [0, 0.05) is 22.2 Å². The largest absolute Gasteiger partial charge is 0.481 e. The number of non-ortho nitro benzene ring substituents is 1. The topological polar surface area (TPSA) is 110 Å². The minimum Gasteiger partial charge on any atom is -0.481 e. The van der Waals surface area contributed by atoms with E-state index in [-0.39, 0.29) is 17.8 Å². The molecule has 20 heavy (non-hydrogen) atoms. The van der Waals surface area contributed by atoms with Crippen molar-refractivity contribution in [3.63, 3.8) is 0 Å². The molecule has 108 valence electrons. The molecule has 0 saturated carbocycles. The molecule has 0 heterocycles. The number of nitro benzene ring substituents is 1. The van der Waals surface area contributed by atoms with Crippen LogP contribution >= 0.6 is 22.6 Å². The van der Waals surface area contributed by atoms with Gasteiger partial charge >= 0.3 is 5.97 Å². The monoisotopic (exact) mass is 392 g/mol. The third-order valence-corrected chi connectivity index (χ3v) is 3.62. The highest BCUT2D eigenvalue weighted by Gasteiger charge is 2.28. The van der Waals surface area contributed by atoms with Crippen molar-refractivity contribution in [1.82, 2.24) is 5.32 Å². The molecule has 0 aromatic heterocycles. The standard InChI is InChI=1S/C12H13IN2O5/c1-12(2,11(17)18)6-14-10(16)8-5-7(15(19)20)3-4-9(8)13/h3-5H,6H2,1-2H3,(H,14,16)(H,17,18). The molecule has 0 spiro atoms. The number of carbonyl (C=O) groups is 2. The minimum absolute atomic E-state index is 0.0695. The summed E-state index contributed by atoms with van der Waals surface area (Å²) in [6.45, 7) is 2.89. The van der Waals surface area contributed by atoms with Crippen molar-refractivity contribution in [2.75, 3.05) is 6.54 Å². The Bertz CT molecular complexity index is 571. The molecule has 1 amide bonds. The predicted molar refractivity (Wildman–Crippen MR) is 79.6 cm³/mol. The van der Waals surface area contributed by atoms with Crippen LogP contribution in [-0.4, -0.2) is 28.5 Å². The highest BCUT2D eigenvalue weighted by molar-refractivity contribution is 14.1. The average Bonchev–Trinajstić information content (AvgIpc) is 2.36. The minimum atomic E-state index is -1.11. The second-order valence-corrected chi connectivity index (χ2v) is 5.96. The molecule has 1 aromatic rings. The van der Waals surface area contributed by atoms with Gasteiger partial charge in [-0.3, -0.25) is 19.7 Å². The Morgan fingerprint density at radius 2 is 2.05 bits per heavy atom. The van der Waals surface area contributed by atoms with Gasteiger partial charge in [-0.25, -0.2) is 0 Å². The summed E-state index contributed by atoms with van der Waals surface area (Å²) < 4.78 is 0.554. The maximum Gasteiger partial charge on any atom is 0.310 e. The average molecular weight is 392 g/mol. The lowest BCUT2D eigenvalue weighted by Gasteiger charge is -2.19.